The summed E-state index contributed by atoms with van der Waals surface area (Å²) in [6.45, 7) is 4.10. The summed E-state index contributed by atoms with van der Waals surface area (Å²) in [4.78, 5) is 5.65. The van der Waals surface area contributed by atoms with Crippen molar-refractivity contribution in [1.82, 2.24) is 9.71 Å². The van der Waals surface area contributed by atoms with E-state index >= 15 is 0 Å². The monoisotopic (exact) mass is 324 g/mol. The summed E-state index contributed by atoms with van der Waals surface area (Å²) in [6.07, 6.45) is 1.46. The van der Waals surface area contributed by atoms with E-state index in [0.717, 1.165) is 17.1 Å². The van der Waals surface area contributed by atoms with Gasteiger partial charge >= 0.3 is 0 Å². The Morgan fingerprint density at radius 2 is 1.95 bits per heavy atom. The SMILES string of the molecule is CCCS(=O)(=O)NCc1nc(C)c(Cc2ccccc2)s1. The van der Waals surface area contributed by atoms with Gasteiger partial charge in [0.25, 0.3) is 0 Å². The second-order valence-corrected chi connectivity index (χ2v) is 8.01. The van der Waals surface area contributed by atoms with Gasteiger partial charge in [-0.15, -0.1) is 11.3 Å². The molecule has 6 heteroatoms. The molecule has 1 aromatic heterocycles. The highest BCUT2D eigenvalue weighted by atomic mass is 32.2. The number of rotatable bonds is 7. The van der Waals surface area contributed by atoms with E-state index in [9.17, 15) is 8.42 Å². The van der Waals surface area contributed by atoms with Gasteiger partial charge in [-0.05, 0) is 18.9 Å². The lowest BCUT2D eigenvalue weighted by Crippen LogP contribution is -2.25. The molecule has 1 aromatic carbocycles. The zero-order valence-corrected chi connectivity index (χ0v) is 13.9. The molecular formula is C15H20N2O2S2. The predicted octanol–water partition coefficient (Wildman–Crippen LogP) is 2.87. The third-order valence-corrected chi connectivity index (χ3v) is 5.75. The van der Waals surface area contributed by atoms with Gasteiger partial charge in [0.15, 0.2) is 0 Å². The quantitative estimate of drug-likeness (QED) is 0.852. The standard InChI is InChI=1S/C15H20N2O2S2/c1-3-9-21(18,19)16-11-15-17-12(2)14(20-15)10-13-7-5-4-6-8-13/h4-8,16H,3,9-11H2,1-2H3. The van der Waals surface area contributed by atoms with Crippen LogP contribution in [0.15, 0.2) is 30.3 Å². The maximum Gasteiger partial charge on any atom is 0.211 e. The summed E-state index contributed by atoms with van der Waals surface area (Å²) in [5.41, 5.74) is 2.22. The highest BCUT2D eigenvalue weighted by molar-refractivity contribution is 7.89. The number of aryl methyl sites for hydroxylation is 1. The van der Waals surface area contributed by atoms with Gasteiger partial charge in [-0.25, -0.2) is 18.1 Å². The fourth-order valence-electron chi connectivity index (χ4n) is 2.02. The molecular weight excluding hydrogens is 304 g/mol. The molecule has 0 amide bonds. The van der Waals surface area contributed by atoms with Gasteiger partial charge in [0.1, 0.15) is 5.01 Å². The van der Waals surface area contributed by atoms with Crippen LogP contribution in [0.4, 0.5) is 0 Å². The van der Waals surface area contributed by atoms with Crippen LogP contribution >= 0.6 is 11.3 Å². The molecule has 0 aliphatic carbocycles. The van der Waals surface area contributed by atoms with Gasteiger partial charge in [-0.3, -0.25) is 0 Å². The Hall–Kier alpha value is -1.24. The van der Waals surface area contributed by atoms with E-state index in [2.05, 4.69) is 21.8 Å². The summed E-state index contributed by atoms with van der Waals surface area (Å²) in [5.74, 6) is 0.161. The van der Waals surface area contributed by atoms with Crippen LogP contribution in [0.5, 0.6) is 0 Å². The number of nitrogens with one attached hydrogen (secondary N) is 1. The molecule has 0 saturated carbocycles. The van der Waals surface area contributed by atoms with E-state index in [4.69, 9.17) is 0 Å². The van der Waals surface area contributed by atoms with Crippen molar-refractivity contribution in [2.45, 2.75) is 33.2 Å². The lowest BCUT2D eigenvalue weighted by molar-refractivity contribution is 0.579. The molecule has 0 aliphatic rings. The van der Waals surface area contributed by atoms with Gasteiger partial charge in [-0.1, -0.05) is 37.3 Å². The predicted molar refractivity (Wildman–Crippen MR) is 87.0 cm³/mol. The Kier molecular flexibility index (Phi) is 5.50. The second kappa shape index (κ2) is 7.15. The van der Waals surface area contributed by atoms with Crippen molar-refractivity contribution in [1.29, 1.82) is 0 Å². The summed E-state index contributed by atoms with van der Waals surface area (Å²) in [6, 6.07) is 10.2. The van der Waals surface area contributed by atoms with Crippen LogP contribution in [0.1, 0.15) is 34.5 Å². The first-order valence-corrected chi connectivity index (χ1v) is 9.43. The fourth-order valence-corrected chi connectivity index (χ4v) is 4.20. The third kappa shape index (κ3) is 4.91. The molecule has 0 saturated heterocycles. The molecule has 114 valence electrons. The van der Waals surface area contributed by atoms with Gasteiger partial charge < -0.3 is 0 Å². The Labute approximate surface area is 130 Å². The first-order chi connectivity index (χ1) is 10.00. The summed E-state index contributed by atoms with van der Waals surface area (Å²) in [7, 11) is -3.18. The molecule has 0 bridgehead atoms. The van der Waals surface area contributed by atoms with Gasteiger partial charge in [0.05, 0.1) is 18.0 Å². The van der Waals surface area contributed by atoms with Crippen LogP contribution in [-0.2, 0) is 23.0 Å². The number of hydrogen-bond donors (Lipinski definition) is 1. The molecule has 4 nitrogen and oxygen atoms in total. The Morgan fingerprint density at radius 3 is 2.62 bits per heavy atom. The lowest BCUT2D eigenvalue weighted by atomic mass is 10.1. The minimum Gasteiger partial charge on any atom is -0.245 e. The number of sulfonamides is 1. The average molecular weight is 324 g/mol. The molecule has 1 N–H and O–H groups in total. The van der Waals surface area contributed by atoms with Gasteiger partial charge in [0, 0.05) is 11.3 Å². The van der Waals surface area contributed by atoms with Crippen molar-refractivity contribution in [3.05, 3.63) is 51.5 Å². The molecule has 0 radical (unpaired) electrons. The first kappa shape index (κ1) is 16.1. The number of nitrogens with zero attached hydrogens (tertiary/aromatic N) is 1. The maximum absolute atomic E-state index is 11.7. The molecule has 1 heterocycles. The summed E-state index contributed by atoms with van der Waals surface area (Å²) >= 11 is 1.58. The Balaban J connectivity index is 2.02. The van der Waals surface area contributed by atoms with E-state index in [-0.39, 0.29) is 12.3 Å². The van der Waals surface area contributed by atoms with Crippen LogP contribution < -0.4 is 4.72 Å². The van der Waals surface area contributed by atoms with Crippen LogP contribution in [-0.4, -0.2) is 19.2 Å². The number of hydrogen-bond acceptors (Lipinski definition) is 4. The van der Waals surface area contributed by atoms with Crippen molar-refractivity contribution in [3.8, 4) is 0 Å². The van der Waals surface area contributed by atoms with E-state index in [1.165, 1.54) is 10.4 Å². The van der Waals surface area contributed by atoms with Crippen LogP contribution in [0.2, 0.25) is 0 Å². The van der Waals surface area contributed by atoms with E-state index in [1.54, 1.807) is 11.3 Å². The zero-order chi connectivity index (χ0) is 15.3. The zero-order valence-electron chi connectivity index (χ0n) is 12.3. The Morgan fingerprint density at radius 1 is 1.24 bits per heavy atom. The highest BCUT2D eigenvalue weighted by Gasteiger charge is 2.12. The second-order valence-electron chi connectivity index (χ2n) is 4.92. The molecule has 0 spiro atoms. The van der Waals surface area contributed by atoms with E-state index in [0.29, 0.717) is 6.42 Å². The largest absolute Gasteiger partial charge is 0.245 e. The van der Waals surface area contributed by atoms with Gasteiger partial charge in [0.2, 0.25) is 10.0 Å². The fraction of sp³-hybridized carbons (Fsp3) is 0.400. The van der Waals surface area contributed by atoms with Crippen LogP contribution in [0, 0.1) is 6.92 Å². The van der Waals surface area contributed by atoms with Crippen molar-refractivity contribution >= 4 is 21.4 Å². The molecule has 0 fully saturated rings. The minimum absolute atomic E-state index is 0.161. The summed E-state index contributed by atoms with van der Waals surface area (Å²) < 4.78 is 25.9. The Bertz CT molecular complexity index is 679. The van der Waals surface area contributed by atoms with E-state index in [1.807, 2.05) is 32.0 Å². The molecule has 0 atom stereocenters. The van der Waals surface area contributed by atoms with Crippen molar-refractivity contribution < 1.29 is 8.42 Å². The molecule has 0 aliphatic heterocycles. The van der Waals surface area contributed by atoms with Gasteiger partial charge in [-0.2, -0.15) is 0 Å². The summed E-state index contributed by atoms with van der Waals surface area (Å²) in [5, 5.41) is 0.818. The number of aromatic nitrogens is 1. The number of thiazole rings is 1. The normalized spacial score (nSPS) is 11.7. The topological polar surface area (TPSA) is 59.1 Å². The van der Waals surface area contributed by atoms with Crippen molar-refractivity contribution in [3.63, 3.8) is 0 Å². The first-order valence-electron chi connectivity index (χ1n) is 6.96. The smallest absolute Gasteiger partial charge is 0.211 e. The highest BCUT2D eigenvalue weighted by Crippen LogP contribution is 2.21. The van der Waals surface area contributed by atoms with E-state index < -0.39 is 10.0 Å². The molecule has 0 unspecified atom stereocenters. The third-order valence-electron chi connectivity index (χ3n) is 3.06. The van der Waals surface area contributed by atoms with Crippen LogP contribution in [0.25, 0.3) is 0 Å². The minimum atomic E-state index is -3.18. The number of benzene rings is 1. The van der Waals surface area contributed by atoms with Crippen LogP contribution in [0.3, 0.4) is 0 Å². The average Bonchev–Trinajstić information content (AvgIpc) is 2.78. The lowest BCUT2D eigenvalue weighted by Gasteiger charge is -2.02. The molecule has 21 heavy (non-hydrogen) atoms. The molecule has 2 rings (SSSR count). The molecule has 2 aromatic rings. The van der Waals surface area contributed by atoms with Crippen molar-refractivity contribution in [2.24, 2.45) is 0 Å². The van der Waals surface area contributed by atoms with Crippen molar-refractivity contribution in [2.75, 3.05) is 5.75 Å². The maximum atomic E-state index is 11.7.